The molecule has 1 fully saturated rings. The van der Waals surface area contributed by atoms with E-state index >= 15 is 0 Å². The van der Waals surface area contributed by atoms with E-state index in [1.54, 1.807) is 23.8 Å². The number of carboxylic acids is 1. The van der Waals surface area contributed by atoms with E-state index in [1.165, 1.54) is 0 Å². The van der Waals surface area contributed by atoms with Crippen molar-refractivity contribution in [2.24, 2.45) is 0 Å². The van der Waals surface area contributed by atoms with E-state index in [9.17, 15) is 14.7 Å². The molecular weight excluding hydrogens is 236 g/mol. The van der Waals surface area contributed by atoms with Gasteiger partial charge in [0.05, 0.1) is 12.5 Å². The minimum absolute atomic E-state index is 0.00990. The van der Waals surface area contributed by atoms with Gasteiger partial charge < -0.3 is 20.0 Å². The second-order valence-corrected chi connectivity index (χ2v) is 4.93. The molecule has 1 rings (SSSR count). The molecule has 1 saturated heterocycles. The molecule has 0 bridgehead atoms. The zero-order valence-electron chi connectivity index (χ0n) is 11.0. The summed E-state index contributed by atoms with van der Waals surface area (Å²) in [6, 6.07) is -0.330. The van der Waals surface area contributed by atoms with E-state index in [4.69, 9.17) is 5.11 Å². The highest BCUT2D eigenvalue weighted by atomic mass is 16.4. The maximum absolute atomic E-state index is 12.1. The molecule has 0 aromatic carbocycles. The Morgan fingerprint density at radius 1 is 1.50 bits per heavy atom. The van der Waals surface area contributed by atoms with Crippen molar-refractivity contribution in [2.75, 3.05) is 20.1 Å². The molecule has 0 spiro atoms. The molecule has 0 radical (unpaired) electrons. The summed E-state index contributed by atoms with van der Waals surface area (Å²) < 4.78 is 0. The molecular formula is C12H22N2O4. The van der Waals surface area contributed by atoms with Crippen molar-refractivity contribution in [3.63, 3.8) is 0 Å². The number of aliphatic hydroxyl groups excluding tert-OH is 1. The Labute approximate surface area is 107 Å². The zero-order valence-corrected chi connectivity index (χ0v) is 11.0. The van der Waals surface area contributed by atoms with E-state index < -0.39 is 12.1 Å². The highest BCUT2D eigenvalue weighted by molar-refractivity contribution is 5.76. The summed E-state index contributed by atoms with van der Waals surface area (Å²) in [4.78, 5) is 26.0. The fourth-order valence-corrected chi connectivity index (χ4v) is 2.20. The van der Waals surface area contributed by atoms with Crippen LogP contribution in [0, 0.1) is 0 Å². The summed E-state index contributed by atoms with van der Waals surface area (Å²) >= 11 is 0. The smallest absolute Gasteiger partial charge is 0.320 e. The number of carbonyl (C=O) groups is 2. The van der Waals surface area contributed by atoms with Gasteiger partial charge in [0, 0.05) is 26.2 Å². The van der Waals surface area contributed by atoms with Crippen LogP contribution in [0.3, 0.4) is 0 Å². The lowest BCUT2D eigenvalue weighted by Crippen LogP contribution is -2.45. The van der Waals surface area contributed by atoms with Gasteiger partial charge in [0.2, 0.25) is 0 Å². The number of rotatable bonds is 5. The second kappa shape index (κ2) is 6.58. The third-order valence-electron chi connectivity index (χ3n) is 3.24. The number of carbonyl (C=O) groups excluding carboxylic acids is 1. The van der Waals surface area contributed by atoms with Crippen LogP contribution in [-0.4, -0.2) is 64.3 Å². The minimum Gasteiger partial charge on any atom is -0.481 e. The number of hydrogen-bond donors (Lipinski definition) is 2. The fraction of sp³-hybridized carbons (Fsp3) is 0.833. The number of amides is 2. The van der Waals surface area contributed by atoms with Gasteiger partial charge in [-0.15, -0.1) is 0 Å². The van der Waals surface area contributed by atoms with Gasteiger partial charge >= 0.3 is 12.0 Å². The Kier molecular flexibility index (Phi) is 5.40. The van der Waals surface area contributed by atoms with Crippen molar-refractivity contribution < 1.29 is 19.8 Å². The number of carboxylic acid groups (broad SMARTS) is 1. The standard InChI is InChI=1S/C12H22N2O4/c1-9(15)5-7-13(2)12(18)14-6-3-4-10(14)8-11(16)17/h9-10,15H,3-8H2,1-2H3,(H,16,17). The van der Waals surface area contributed by atoms with Crippen LogP contribution in [0.4, 0.5) is 4.79 Å². The topological polar surface area (TPSA) is 81.1 Å². The molecule has 2 atom stereocenters. The lowest BCUT2D eigenvalue weighted by atomic mass is 10.1. The lowest BCUT2D eigenvalue weighted by Gasteiger charge is -2.29. The van der Waals surface area contributed by atoms with Crippen LogP contribution in [0.1, 0.15) is 32.6 Å². The van der Waals surface area contributed by atoms with Gasteiger partial charge in [0.25, 0.3) is 0 Å². The predicted molar refractivity (Wildman–Crippen MR) is 66.3 cm³/mol. The van der Waals surface area contributed by atoms with Gasteiger partial charge in [-0.3, -0.25) is 4.79 Å². The highest BCUT2D eigenvalue weighted by Gasteiger charge is 2.31. The highest BCUT2D eigenvalue weighted by Crippen LogP contribution is 2.21. The van der Waals surface area contributed by atoms with Gasteiger partial charge in [-0.1, -0.05) is 0 Å². The Balaban J connectivity index is 2.51. The summed E-state index contributed by atoms with van der Waals surface area (Å²) in [5.74, 6) is -0.869. The number of likely N-dealkylation sites (tertiary alicyclic amines) is 1. The summed E-state index contributed by atoms with van der Waals surface area (Å²) in [5.41, 5.74) is 0. The van der Waals surface area contributed by atoms with Gasteiger partial charge in [-0.2, -0.15) is 0 Å². The first-order valence-corrected chi connectivity index (χ1v) is 6.33. The first-order chi connectivity index (χ1) is 8.41. The average molecular weight is 258 g/mol. The number of hydrogen-bond acceptors (Lipinski definition) is 3. The zero-order chi connectivity index (χ0) is 13.7. The quantitative estimate of drug-likeness (QED) is 0.762. The van der Waals surface area contributed by atoms with Gasteiger partial charge in [-0.25, -0.2) is 4.79 Å². The van der Waals surface area contributed by atoms with Crippen LogP contribution in [0.25, 0.3) is 0 Å². The Morgan fingerprint density at radius 2 is 2.17 bits per heavy atom. The van der Waals surface area contributed by atoms with E-state index in [2.05, 4.69) is 0 Å². The van der Waals surface area contributed by atoms with Gasteiger partial charge in [-0.05, 0) is 26.2 Å². The SMILES string of the molecule is CC(O)CCN(C)C(=O)N1CCCC1CC(=O)O. The molecule has 0 aliphatic carbocycles. The molecule has 0 saturated carbocycles. The summed E-state index contributed by atoms with van der Waals surface area (Å²) in [6.07, 6.45) is 1.71. The Hall–Kier alpha value is -1.30. The first kappa shape index (κ1) is 14.8. The molecule has 6 heteroatoms. The summed E-state index contributed by atoms with van der Waals surface area (Å²) in [7, 11) is 1.68. The number of aliphatic hydroxyl groups is 1. The molecule has 6 nitrogen and oxygen atoms in total. The van der Waals surface area contributed by atoms with Crippen LogP contribution in [-0.2, 0) is 4.79 Å². The Bertz CT molecular complexity index is 306. The summed E-state index contributed by atoms with van der Waals surface area (Å²) in [5, 5.41) is 18.0. The van der Waals surface area contributed by atoms with Crippen molar-refractivity contribution in [3.8, 4) is 0 Å². The van der Waals surface area contributed by atoms with Gasteiger partial charge in [0.15, 0.2) is 0 Å². The molecule has 1 aliphatic rings. The number of aliphatic carboxylic acids is 1. The monoisotopic (exact) mass is 258 g/mol. The van der Waals surface area contributed by atoms with E-state index in [0.29, 0.717) is 19.5 Å². The Morgan fingerprint density at radius 3 is 2.72 bits per heavy atom. The number of urea groups is 1. The van der Waals surface area contributed by atoms with Gasteiger partial charge in [0.1, 0.15) is 0 Å². The van der Waals surface area contributed by atoms with Crippen LogP contribution in [0.15, 0.2) is 0 Å². The molecule has 0 aromatic heterocycles. The molecule has 104 valence electrons. The molecule has 18 heavy (non-hydrogen) atoms. The van der Waals surface area contributed by atoms with E-state index in [0.717, 1.165) is 12.8 Å². The van der Waals surface area contributed by atoms with Crippen LogP contribution < -0.4 is 0 Å². The van der Waals surface area contributed by atoms with Crippen molar-refractivity contribution in [1.29, 1.82) is 0 Å². The van der Waals surface area contributed by atoms with Crippen molar-refractivity contribution >= 4 is 12.0 Å². The molecule has 1 heterocycles. The largest absolute Gasteiger partial charge is 0.481 e. The maximum atomic E-state index is 12.1. The van der Waals surface area contributed by atoms with Crippen LogP contribution >= 0.6 is 0 Å². The molecule has 2 unspecified atom stereocenters. The molecule has 0 aromatic rings. The second-order valence-electron chi connectivity index (χ2n) is 4.93. The molecule has 2 N–H and O–H groups in total. The number of nitrogens with zero attached hydrogens (tertiary/aromatic N) is 2. The normalized spacial score (nSPS) is 20.8. The van der Waals surface area contributed by atoms with Crippen LogP contribution in [0.2, 0.25) is 0 Å². The maximum Gasteiger partial charge on any atom is 0.320 e. The average Bonchev–Trinajstić information content (AvgIpc) is 2.71. The van der Waals surface area contributed by atoms with Crippen LogP contribution in [0.5, 0.6) is 0 Å². The van der Waals surface area contributed by atoms with Crippen molar-refractivity contribution in [2.45, 2.75) is 44.8 Å². The van der Waals surface area contributed by atoms with Crippen molar-refractivity contribution in [1.82, 2.24) is 9.80 Å². The third kappa shape index (κ3) is 4.18. The molecule has 1 aliphatic heterocycles. The summed E-state index contributed by atoms with van der Waals surface area (Å²) in [6.45, 7) is 2.78. The first-order valence-electron chi connectivity index (χ1n) is 6.33. The fourth-order valence-electron chi connectivity index (χ4n) is 2.20. The molecule has 2 amide bonds. The van der Waals surface area contributed by atoms with Crippen molar-refractivity contribution in [3.05, 3.63) is 0 Å². The van der Waals surface area contributed by atoms with E-state index in [-0.39, 0.29) is 18.5 Å². The lowest BCUT2D eigenvalue weighted by molar-refractivity contribution is -0.138. The predicted octanol–water partition coefficient (Wildman–Crippen LogP) is 0.748. The minimum atomic E-state index is -0.869. The third-order valence-corrected chi connectivity index (χ3v) is 3.24. The van der Waals surface area contributed by atoms with E-state index in [1.807, 2.05) is 0 Å².